The molecule has 33 heavy (non-hydrogen) atoms. The molecule has 8 heteroatoms. The molecule has 1 unspecified atom stereocenters. The maximum absolute atomic E-state index is 13.2. The molecule has 173 valence electrons. The van der Waals surface area contributed by atoms with E-state index < -0.39 is 15.6 Å². The van der Waals surface area contributed by atoms with Crippen LogP contribution in [0.3, 0.4) is 0 Å². The first-order chi connectivity index (χ1) is 16.0. The highest BCUT2D eigenvalue weighted by Gasteiger charge is 2.51. The maximum Gasteiger partial charge on any atom is 0.218 e. The Balaban J connectivity index is 1.23. The number of piperidine rings is 1. The Morgan fingerprint density at radius 2 is 1.79 bits per heavy atom. The van der Waals surface area contributed by atoms with Crippen LogP contribution in [0, 0.1) is 5.82 Å². The Kier molecular flexibility index (Phi) is 6.07. The van der Waals surface area contributed by atoms with Crippen LogP contribution in [0.1, 0.15) is 30.4 Å². The lowest BCUT2D eigenvalue weighted by molar-refractivity contribution is -0.0856. The fourth-order valence-electron chi connectivity index (χ4n) is 4.98. The number of rotatable bonds is 5. The molecule has 0 amide bonds. The molecule has 5 rings (SSSR count). The molecule has 2 aromatic carbocycles. The van der Waals surface area contributed by atoms with E-state index in [1.165, 1.54) is 17.7 Å². The Bertz CT molecular complexity index is 1140. The summed E-state index contributed by atoms with van der Waals surface area (Å²) in [5, 5.41) is 4.04. The summed E-state index contributed by atoms with van der Waals surface area (Å²) in [6, 6.07) is 15.8. The standard InChI is InChI=1S/C25H27FN3O3S/c26-23-8-6-21(7-9-23)22-10-14-28(15-11-22)24-18-27-32-25(24)12-16-29(17-13-25)33(30,31)19-20-4-2-1-3-5-20/h1-10,24H,11-17,19H2. The zero-order valence-corrected chi connectivity index (χ0v) is 19.2. The van der Waals surface area contributed by atoms with Crippen LogP contribution in [0.25, 0.3) is 5.57 Å². The van der Waals surface area contributed by atoms with Crippen molar-refractivity contribution in [2.45, 2.75) is 36.7 Å². The van der Waals surface area contributed by atoms with Crippen molar-refractivity contribution in [1.82, 2.24) is 9.21 Å². The van der Waals surface area contributed by atoms with Gasteiger partial charge in [-0.2, -0.15) is 0 Å². The lowest BCUT2D eigenvalue weighted by Crippen LogP contribution is -2.58. The van der Waals surface area contributed by atoms with Crippen LogP contribution in [0.5, 0.6) is 0 Å². The van der Waals surface area contributed by atoms with Crippen LogP contribution in [0.2, 0.25) is 0 Å². The minimum atomic E-state index is -3.39. The molecule has 1 radical (unpaired) electrons. The summed E-state index contributed by atoms with van der Waals surface area (Å²) >= 11 is 0. The van der Waals surface area contributed by atoms with Gasteiger partial charge in [-0.1, -0.05) is 53.7 Å². The lowest BCUT2D eigenvalue weighted by Gasteiger charge is -2.43. The van der Waals surface area contributed by atoms with Crippen molar-refractivity contribution in [2.75, 3.05) is 26.2 Å². The second-order valence-corrected chi connectivity index (χ2v) is 10.9. The summed E-state index contributed by atoms with van der Waals surface area (Å²) < 4.78 is 40.7. The minimum Gasteiger partial charge on any atom is -0.387 e. The van der Waals surface area contributed by atoms with Crippen molar-refractivity contribution in [1.29, 1.82) is 0 Å². The fourth-order valence-corrected chi connectivity index (χ4v) is 6.51. The third kappa shape index (κ3) is 4.60. The molecular weight excluding hydrogens is 441 g/mol. The molecule has 1 atom stereocenters. The van der Waals surface area contributed by atoms with Gasteiger partial charge in [0.1, 0.15) is 18.1 Å². The minimum absolute atomic E-state index is 0.0107. The summed E-state index contributed by atoms with van der Waals surface area (Å²) in [6.45, 7) is 2.36. The highest BCUT2D eigenvalue weighted by molar-refractivity contribution is 7.88. The van der Waals surface area contributed by atoms with E-state index in [-0.39, 0.29) is 17.6 Å². The molecule has 0 aliphatic carbocycles. The highest BCUT2D eigenvalue weighted by Crippen LogP contribution is 2.38. The molecule has 1 fully saturated rings. The average molecular weight is 469 g/mol. The normalized spacial score (nSPS) is 23.4. The van der Waals surface area contributed by atoms with Crippen molar-refractivity contribution in [3.63, 3.8) is 0 Å². The Morgan fingerprint density at radius 3 is 2.45 bits per heavy atom. The van der Waals surface area contributed by atoms with Crippen LogP contribution in [-0.4, -0.2) is 61.7 Å². The number of nitrogens with zero attached hydrogens (tertiary/aromatic N) is 3. The van der Waals surface area contributed by atoms with Gasteiger partial charge in [0.25, 0.3) is 0 Å². The zero-order valence-electron chi connectivity index (χ0n) is 18.4. The van der Waals surface area contributed by atoms with Crippen molar-refractivity contribution in [3.05, 3.63) is 77.6 Å². The number of hydrogen-bond acceptors (Lipinski definition) is 5. The summed E-state index contributed by atoms with van der Waals surface area (Å²) in [5.41, 5.74) is 2.50. The zero-order chi connectivity index (χ0) is 22.9. The Hall–Kier alpha value is -2.55. The lowest BCUT2D eigenvalue weighted by atomic mass is 9.84. The second-order valence-electron chi connectivity index (χ2n) is 8.90. The molecule has 2 aromatic rings. The first-order valence-electron chi connectivity index (χ1n) is 11.3. The highest BCUT2D eigenvalue weighted by atomic mass is 32.2. The Labute approximate surface area is 194 Å². The van der Waals surface area contributed by atoms with Gasteiger partial charge in [0.15, 0.2) is 5.60 Å². The van der Waals surface area contributed by atoms with Gasteiger partial charge in [0.2, 0.25) is 10.0 Å². The molecular formula is C25H27FN3O3S. The van der Waals surface area contributed by atoms with E-state index in [0.29, 0.717) is 25.9 Å². The Morgan fingerprint density at radius 1 is 1.06 bits per heavy atom. The molecule has 3 heterocycles. The number of halogens is 1. The smallest absolute Gasteiger partial charge is 0.218 e. The molecule has 0 aromatic heterocycles. The van der Waals surface area contributed by atoms with Crippen LogP contribution in [0.15, 0.2) is 65.8 Å². The largest absolute Gasteiger partial charge is 0.387 e. The van der Waals surface area contributed by atoms with Crippen molar-refractivity contribution < 1.29 is 17.6 Å². The predicted octanol–water partition coefficient (Wildman–Crippen LogP) is 3.54. The summed E-state index contributed by atoms with van der Waals surface area (Å²) in [5.74, 6) is -0.221. The van der Waals surface area contributed by atoms with E-state index in [0.717, 1.165) is 30.6 Å². The molecule has 1 saturated heterocycles. The molecule has 3 aliphatic rings. The van der Waals surface area contributed by atoms with E-state index in [1.807, 2.05) is 42.5 Å². The molecule has 1 spiro atoms. The quantitative estimate of drug-likeness (QED) is 0.674. The SMILES string of the molecule is O=S(=O)(Cc1ccccc1)N1CCC2(CC1)ON=[C]C2N1CC=C(c2ccc(F)cc2)CC1. The van der Waals surface area contributed by atoms with Gasteiger partial charge in [0.05, 0.1) is 5.75 Å². The van der Waals surface area contributed by atoms with Crippen LogP contribution in [-0.2, 0) is 20.6 Å². The van der Waals surface area contributed by atoms with E-state index in [1.54, 1.807) is 4.31 Å². The molecule has 0 N–H and O–H groups in total. The van der Waals surface area contributed by atoms with E-state index >= 15 is 0 Å². The van der Waals surface area contributed by atoms with Crippen molar-refractivity contribution >= 4 is 21.8 Å². The van der Waals surface area contributed by atoms with Gasteiger partial charge >= 0.3 is 0 Å². The predicted molar refractivity (Wildman–Crippen MR) is 125 cm³/mol. The molecule has 6 nitrogen and oxygen atoms in total. The average Bonchev–Trinajstić information content (AvgIpc) is 3.23. The third-order valence-corrected chi connectivity index (χ3v) is 8.73. The van der Waals surface area contributed by atoms with Gasteiger partial charge in [-0.3, -0.25) is 4.90 Å². The van der Waals surface area contributed by atoms with Gasteiger partial charge in [0, 0.05) is 39.0 Å². The van der Waals surface area contributed by atoms with Gasteiger partial charge in [-0.15, -0.1) is 0 Å². The van der Waals surface area contributed by atoms with E-state index in [9.17, 15) is 12.8 Å². The summed E-state index contributed by atoms with van der Waals surface area (Å²) in [6.07, 6.45) is 7.29. The first kappa shape index (κ1) is 22.3. The van der Waals surface area contributed by atoms with Crippen molar-refractivity contribution in [3.8, 4) is 0 Å². The van der Waals surface area contributed by atoms with E-state index in [2.05, 4.69) is 22.3 Å². The van der Waals surface area contributed by atoms with Crippen LogP contribution in [0.4, 0.5) is 4.39 Å². The number of hydrogen-bond donors (Lipinski definition) is 0. The van der Waals surface area contributed by atoms with Crippen LogP contribution < -0.4 is 0 Å². The van der Waals surface area contributed by atoms with Gasteiger partial charge in [-0.05, 0) is 35.3 Å². The third-order valence-electron chi connectivity index (χ3n) is 6.88. The number of sulfonamides is 1. The van der Waals surface area contributed by atoms with Gasteiger partial charge in [-0.25, -0.2) is 17.1 Å². The van der Waals surface area contributed by atoms with Crippen molar-refractivity contribution in [2.24, 2.45) is 5.16 Å². The molecule has 0 saturated carbocycles. The maximum atomic E-state index is 13.2. The molecule has 3 aliphatic heterocycles. The summed E-state index contributed by atoms with van der Waals surface area (Å²) in [4.78, 5) is 8.13. The topological polar surface area (TPSA) is 62.2 Å². The second kappa shape index (κ2) is 9.00. The first-order valence-corrected chi connectivity index (χ1v) is 12.9. The van der Waals surface area contributed by atoms with Crippen LogP contribution >= 0.6 is 0 Å². The fraction of sp³-hybridized carbons (Fsp3) is 0.400. The van der Waals surface area contributed by atoms with E-state index in [4.69, 9.17) is 4.84 Å². The molecule has 0 bridgehead atoms. The monoisotopic (exact) mass is 468 g/mol. The summed E-state index contributed by atoms with van der Waals surface area (Å²) in [7, 11) is -3.39. The number of benzene rings is 2. The van der Waals surface area contributed by atoms with Gasteiger partial charge < -0.3 is 4.84 Å².